The molecule has 0 aromatic heterocycles. The molecule has 0 heterocycles. The van der Waals surface area contributed by atoms with Gasteiger partial charge in [-0.15, -0.1) is 0 Å². The van der Waals surface area contributed by atoms with Crippen LogP contribution in [0.15, 0.2) is 12.2 Å². The average molecular weight is 300 g/mol. The number of fused-ring (bicyclic) bond motifs is 5. The van der Waals surface area contributed by atoms with Crippen molar-refractivity contribution in [2.24, 2.45) is 34.5 Å². The number of hydrogen-bond acceptors (Lipinski definition) is 1. The molecule has 22 heavy (non-hydrogen) atoms. The smallest absolute Gasteiger partial charge is 0.137 e. The minimum Gasteiger partial charge on any atom is -0.299 e. The molecule has 6 atom stereocenters. The maximum Gasteiger partial charge on any atom is 0.137 e. The van der Waals surface area contributed by atoms with Gasteiger partial charge in [0.05, 0.1) is 0 Å². The predicted molar refractivity (Wildman–Crippen MR) is 90.5 cm³/mol. The Morgan fingerprint density at radius 1 is 1.05 bits per heavy atom. The molecular weight excluding hydrogens is 268 g/mol. The summed E-state index contributed by atoms with van der Waals surface area (Å²) in [6.45, 7) is 4.90. The molecule has 3 saturated carbocycles. The lowest BCUT2D eigenvalue weighted by Crippen LogP contribution is -2.56. The molecule has 0 radical (unpaired) electrons. The van der Waals surface area contributed by atoms with Gasteiger partial charge in [0.15, 0.2) is 0 Å². The molecule has 3 fully saturated rings. The van der Waals surface area contributed by atoms with Gasteiger partial charge in [0.2, 0.25) is 0 Å². The minimum atomic E-state index is 0.253. The highest BCUT2D eigenvalue weighted by Gasteiger charge is 2.59. The van der Waals surface area contributed by atoms with E-state index in [0.717, 1.165) is 24.7 Å². The second-order valence-corrected chi connectivity index (χ2v) is 9.32. The summed E-state index contributed by atoms with van der Waals surface area (Å²) in [5.41, 5.74) is 0.586. The summed E-state index contributed by atoms with van der Waals surface area (Å²) in [5, 5.41) is 0. The highest BCUT2D eigenvalue weighted by Crippen LogP contribution is 2.63. The Labute approximate surface area is 135 Å². The van der Waals surface area contributed by atoms with Crippen molar-refractivity contribution in [2.75, 3.05) is 0 Å². The van der Waals surface area contributed by atoms with Crippen molar-refractivity contribution in [2.45, 2.75) is 78.1 Å². The van der Waals surface area contributed by atoms with Gasteiger partial charge in [-0.25, -0.2) is 0 Å². The molecule has 0 spiro atoms. The molecule has 4 aliphatic rings. The van der Waals surface area contributed by atoms with E-state index in [-0.39, 0.29) is 5.41 Å². The third kappa shape index (κ3) is 2.07. The Hall–Kier alpha value is -0.590. The van der Waals surface area contributed by atoms with Gasteiger partial charge in [-0.3, -0.25) is 4.79 Å². The molecule has 1 heteroatoms. The highest BCUT2D eigenvalue weighted by atomic mass is 16.1. The summed E-state index contributed by atoms with van der Waals surface area (Å²) in [7, 11) is 0. The van der Waals surface area contributed by atoms with Crippen molar-refractivity contribution in [1.82, 2.24) is 0 Å². The summed E-state index contributed by atoms with van der Waals surface area (Å²) in [6.07, 6.45) is 17.4. The fourth-order valence-corrected chi connectivity index (χ4v) is 7.09. The lowest BCUT2D eigenvalue weighted by Gasteiger charge is -2.60. The number of carbonyl (C=O) groups excluding carboxylic acids is 1. The Morgan fingerprint density at radius 3 is 2.77 bits per heavy atom. The second-order valence-electron chi connectivity index (χ2n) is 9.32. The number of Topliss-reactive ketones (excluding diaryl/α,β-unsaturated/α-hetero) is 1. The van der Waals surface area contributed by atoms with Gasteiger partial charge >= 0.3 is 0 Å². The van der Waals surface area contributed by atoms with Crippen molar-refractivity contribution in [3.05, 3.63) is 12.2 Å². The fourth-order valence-electron chi connectivity index (χ4n) is 7.09. The van der Waals surface area contributed by atoms with Crippen LogP contribution >= 0.6 is 0 Å². The quantitative estimate of drug-likeness (QED) is 0.536. The maximum absolute atomic E-state index is 13.2. The summed E-state index contributed by atoms with van der Waals surface area (Å²) in [5.74, 6) is 3.32. The van der Waals surface area contributed by atoms with Gasteiger partial charge in [-0.2, -0.15) is 0 Å². The monoisotopic (exact) mass is 300 g/mol. The highest BCUT2D eigenvalue weighted by molar-refractivity contribution is 5.84. The van der Waals surface area contributed by atoms with Crippen LogP contribution in [0.3, 0.4) is 0 Å². The first kappa shape index (κ1) is 15.0. The van der Waals surface area contributed by atoms with E-state index in [0.29, 0.717) is 23.0 Å². The van der Waals surface area contributed by atoms with E-state index < -0.39 is 0 Å². The lowest BCUT2D eigenvalue weighted by atomic mass is 9.44. The van der Waals surface area contributed by atoms with E-state index in [1.165, 1.54) is 51.4 Å². The van der Waals surface area contributed by atoms with Crippen LogP contribution in [-0.4, -0.2) is 5.78 Å². The normalized spacial score (nSPS) is 51.5. The van der Waals surface area contributed by atoms with Gasteiger partial charge in [0.25, 0.3) is 0 Å². The Kier molecular flexibility index (Phi) is 3.55. The summed E-state index contributed by atoms with van der Waals surface area (Å²) in [4.78, 5) is 13.2. The number of allylic oxidation sites excluding steroid dienone is 2. The van der Waals surface area contributed by atoms with E-state index in [9.17, 15) is 4.79 Å². The molecule has 4 aliphatic carbocycles. The Morgan fingerprint density at radius 2 is 1.91 bits per heavy atom. The van der Waals surface area contributed by atoms with Crippen molar-refractivity contribution >= 4 is 5.78 Å². The largest absolute Gasteiger partial charge is 0.299 e. The van der Waals surface area contributed by atoms with Gasteiger partial charge < -0.3 is 0 Å². The molecule has 4 rings (SSSR count). The van der Waals surface area contributed by atoms with E-state index in [1.54, 1.807) is 0 Å². The SMILES string of the molecule is CC12CC=CCCC1C1CCC3CCCCC3(C)C1C(=O)C2. The summed E-state index contributed by atoms with van der Waals surface area (Å²) < 4.78 is 0. The number of ketones is 1. The zero-order valence-electron chi connectivity index (χ0n) is 14.4. The molecule has 0 saturated heterocycles. The zero-order valence-corrected chi connectivity index (χ0v) is 14.4. The van der Waals surface area contributed by atoms with Gasteiger partial charge in [0, 0.05) is 12.3 Å². The molecule has 0 bridgehead atoms. The van der Waals surface area contributed by atoms with Crippen LogP contribution in [0, 0.1) is 34.5 Å². The van der Waals surface area contributed by atoms with E-state index in [2.05, 4.69) is 26.0 Å². The van der Waals surface area contributed by atoms with Gasteiger partial charge in [-0.1, -0.05) is 38.8 Å². The lowest BCUT2D eigenvalue weighted by molar-refractivity contribution is -0.157. The van der Waals surface area contributed by atoms with Crippen LogP contribution < -0.4 is 0 Å². The van der Waals surface area contributed by atoms with Crippen molar-refractivity contribution in [3.63, 3.8) is 0 Å². The van der Waals surface area contributed by atoms with Crippen LogP contribution in [0.5, 0.6) is 0 Å². The standard InChI is InChI=1S/C21H32O/c1-20-12-6-3-4-9-17(20)16-11-10-15-8-5-7-13-21(15,2)19(16)18(22)14-20/h3,6,15-17,19H,4-5,7-14H2,1-2H3. The molecule has 0 aliphatic heterocycles. The molecule has 0 aromatic rings. The topological polar surface area (TPSA) is 17.1 Å². The van der Waals surface area contributed by atoms with Crippen LogP contribution in [-0.2, 0) is 4.79 Å². The van der Waals surface area contributed by atoms with E-state index in [4.69, 9.17) is 0 Å². The molecule has 0 aromatic carbocycles. The van der Waals surface area contributed by atoms with E-state index in [1.807, 2.05) is 0 Å². The second kappa shape index (κ2) is 5.21. The summed E-state index contributed by atoms with van der Waals surface area (Å²) in [6, 6.07) is 0. The fraction of sp³-hybridized carbons (Fsp3) is 0.857. The molecule has 122 valence electrons. The minimum absolute atomic E-state index is 0.253. The molecular formula is C21H32O. The Balaban J connectivity index is 1.70. The van der Waals surface area contributed by atoms with Crippen molar-refractivity contribution in [1.29, 1.82) is 0 Å². The predicted octanol–water partition coefficient (Wildman–Crippen LogP) is 5.54. The first-order chi connectivity index (χ1) is 10.5. The number of carbonyl (C=O) groups is 1. The summed E-state index contributed by atoms with van der Waals surface area (Å²) >= 11 is 0. The first-order valence-corrected chi connectivity index (χ1v) is 9.72. The average Bonchev–Trinajstić information content (AvgIpc) is 2.67. The first-order valence-electron chi connectivity index (χ1n) is 9.72. The van der Waals surface area contributed by atoms with E-state index >= 15 is 0 Å². The zero-order chi connectivity index (χ0) is 15.4. The maximum atomic E-state index is 13.2. The van der Waals surface area contributed by atoms with Crippen molar-refractivity contribution in [3.8, 4) is 0 Å². The van der Waals surface area contributed by atoms with Crippen LogP contribution in [0.25, 0.3) is 0 Å². The third-order valence-electron chi connectivity index (χ3n) is 8.17. The number of rotatable bonds is 0. The van der Waals surface area contributed by atoms with Gasteiger partial charge in [-0.05, 0) is 73.5 Å². The molecule has 0 amide bonds. The van der Waals surface area contributed by atoms with Crippen LogP contribution in [0.4, 0.5) is 0 Å². The molecule has 1 nitrogen and oxygen atoms in total. The van der Waals surface area contributed by atoms with Crippen LogP contribution in [0.2, 0.25) is 0 Å². The number of hydrogen-bond donors (Lipinski definition) is 0. The van der Waals surface area contributed by atoms with Crippen molar-refractivity contribution < 1.29 is 4.79 Å². The molecule has 0 N–H and O–H groups in total. The Bertz CT molecular complexity index is 492. The van der Waals surface area contributed by atoms with Crippen LogP contribution in [0.1, 0.15) is 78.1 Å². The molecule has 6 unspecified atom stereocenters. The van der Waals surface area contributed by atoms with Gasteiger partial charge in [0.1, 0.15) is 5.78 Å². The third-order valence-corrected chi connectivity index (χ3v) is 8.17.